The van der Waals surface area contributed by atoms with Crippen molar-refractivity contribution in [2.24, 2.45) is 0 Å². The van der Waals surface area contributed by atoms with Gasteiger partial charge in [-0.3, -0.25) is 9.69 Å². The molecule has 7 heteroatoms. The van der Waals surface area contributed by atoms with E-state index in [0.29, 0.717) is 24.3 Å². The maximum atomic E-state index is 12.1. The minimum absolute atomic E-state index is 0.109. The molecule has 7 nitrogen and oxygen atoms in total. The minimum atomic E-state index is -0.254. The van der Waals surface area contributed by atoms with Gasteiger partial charge < -0.3 is 20.7 Å². The Kier molecular flexibility index (Phi) is 6.83. The summed E-state index contributed by atoms with van der Waals surface area (Å²) in [6.07, 6.45) is 0. The molecule has 0 spiro atoms. The van der Waals surface area contributed by atoms with Gasteiger partial charge in [0.15, 0.2) is 0 Å². The van der Waals surface area contributed by atoms with Crippen LogP contribution in [0.2, 0.25) is 0 Å². The van der Waals surface area contributed by atoms with Gasteiger partial charge in [-0.25, -0.2) is 4.79 Å². The number of urea groups is 1. The summed E-state index contributed by atoms with van der Waals surface area (Å²) >= 11 is 0. The van der Waals surface area contributed by atoms with Gasteiger partial charge in [0.25, 0.3) is 5.91 Å². The zero-order valence-corrected chi connectivity index (χ0v) is 13.4. The lowest BCUT2D eigenvalue weighted by molar-refractivity contribution is 0.0383. The lowest BCUT2D eigenvalue weighted by Crippen LogP contribution is -2.41. The molecule has 3 N–H and O–H groups in total. The third-order valence-corrected chi connectivity index (χ3v) is 3.56. The maximum Gasteiger partial charge on any atom is 0.319 e. The van der Waals surface area contributed by atoms with E-state index in [0.717, 1.165) is 32.8 Å². The molecule has 1 aromatic rings. The van der Waals surface area contributed by atoms with Crippen molar-refractivity contribution in [2.45, 2.75) is 6.92 Å². The number of nitrogens with one attached hydrogen (secondary N) is 3. The molecular formula is C16H24N4O3. The SMILES string of the molecule is CCNC(=O)Nc1ccc(C(=O)NCCN2CCOCC2)cc1. The van der Waals surface area contributed by atoms with Gasteiger partial charge in [-0.1, -0.05) is 0 Å². The molecule has 0 unspecified atom stereocenters. The molecule has 1 aromatic carbocycles. The largest absolute Gasteiger partial charge is 0.379 e. The highest BCUT2D eigenvalue weighted by atomic mass is 16.5. The van der Waals surface area contributed by atoms with E-state index >= 15 is 0 Å². The molecule has 3 amide bonds. The predicted molar refractivity (Wildman–Crippen MR) is 88.7 cm³/mol. The Bertz CT molecular complexity index is 513. The van der Waals surface area contributed by atoms with Crippen LogP contribution < -0.4 is 16.0 Å². The molecule has 0 atom stereocenters. The van der Waals surface area contributed by atoms with E-state index in [-0.39, 0.29) is 11.9 Å². The van der Waals surface area contributed by atoms with Crippen LogP contribution in [0.3, 0.4) is 0 Å². The number of morpholine rings is 1. The molecule has 1 saturated heterocycles. The molecule has 0 radical (unpaired) electrons. The number of nitrogens with zero attached hydrogens (tertiary/aromatic N) is 1. The molecule has 0 aliphatic carbocycles. The number of rotatable bonds is 6. The van der Waals surface area contributed by atoms with Gasteiger partial charge in [0.05, 0.1) is 13.2 Å². The molecule has 1 heterocycles. The molecule has 23 heavy (non-hydrogen) atoms. The summed E-state index contributed by atoms with van der Waals surface area (Å²) in [7, 11) is 0. The fourth-order valence-electron chi connectivity index (χ4n) is 2.30. The van der Waals surface area contributed by atoms with Crippen LogP contribution in [0.25, 0.3) is 0 Å². The number of hydrogen-bond acceptors (Lipinski definition) is 4. The summed E-state index contributed by atoms with van der Waals surface area (Å²) in [5, 5.41) is 8.25. The van der Waals surface area contributed by atoms with Crippen LogP contribution in [-0.4, -0.2) is 62.8 Å². The van der Waals surface area contributed by atoms with E-state index in [4.69, 9.17) is 4.74 Å². The van der Waals surface area contributed by atoms with Crippen molar-refractivity contribution in [1.82, 2.24) is 15.5 Å². The molecule has 0 saturated carbocycles. The van der Waals surface area contributed by atoms with Gasteiger partial charge in [-0.15, -0.1) is 0 Å². The fraction of sp³-hybridized carbons (Fsp3) is 0.500. The van der Waals surface area contributed by atoms with Crippen LogP contribution in [-0.2, 0) is 4.74 Å². The van der Waals surface area contributed by atoms with E-state index < -0.39 is 0 Å². The zero-order chi connectivity index (χ0) is 16.5. The second-order valence-electron chi connectivity index (χ2n) is 5.27. The van der Waals surface area contributed by atoms with E-state index in [9.17, 15) is 9.59 Å². The summed E-state index contributed by atoms with van der Waals surface area (Å²) in [5.41, 5.74) is 1.23. The number of benzene rings is 1. The van der Waals surface area contributed by atoms with Crippen molar-refractivity contribution in [2.75, 3.05) is 51.3 Å². The van der Waals surface area contributed by atoms with Crippen molar-refractivity contribution < 1.29 is 14.3 Å². The number of amides is 3. The number of ether oxygens (including phenoxy) is 1. The summed E-state index contributed by atoms with van der Waals surface area (Å²) in [4.78, 5) is 25.7. The molecule has 126 valence electrons. The van der Waals surface area contributed by atoms with E-state index in [1.165, 1.54) is 0 Å². The number of carbonyl (C=O) groups excluding carboxylic acids is 2. The second kappa shape index (κ2) is 9.12. The minimum Gasteiger partial charge on any atom is -0.379 e. The molecule has 2 rings (SSSR count). The lowest BCUT2D eigenvalue weighted by Gasteiger charge is -2.26. The molecular weight excluding hydrogens is 296 g/mol. The normalized spacial score (nSPS) is 15.0. The van der Waals surface area contributed by atoms with Crippen LogP contribution in [0.5, 0.6) is 0 Å². The lowest BCUT2D eigenvalue weighted by atomic mass is 10.2. The highest BCUT2D eigenvalue weighted by molar-refractivity contribution is 5.95. The Morgan fingerprint density at radius 2 is 1.83 bits per heavy atom. The van der Waals surface area contributed by atoms with E-state index in [2.05, 4.69) is 20.9 Å². The van der Waals surface area contributed by atoms with Crippen molar-refractivity contribution in [3.8, 4) is 0 Å². The quantitative estimate of drug-likeness (QED) is 0.727. The average Bonchev–Trinajstić information content (AvgIpc) is 2.56. The third kappa shape index (κ3) is 5.88. The van der Waals surface area contributed by atoms with Gasteiger partial charge in [-0.2, -0.15) is 0 Å². The van der Waals surface area contributed by atoms with Crippen molar-refractivity contribution >= 4 is 17.6 Å². The van der Waals surface area contributed by atoms with Crippen LogP contribution in [0.4, 0.5) is 10.5 Å². The number of anilines is 1. The third-order valence-electron chi connectivity index (χ3n) is 3.56. The van der Waals surface area contributed by atoms with Gasteiger partial charge in [0.1, 0.15) is 0 Å². The van der Waals surface area contributed by atoms with Gasteiger partial charge in [0, 0.05) is 44.0 Å². The highest BCUT2D eigenvalue weighted by Gasteiger charge is 2.11. The van der Waals surface area contributed by atoms with Crippen LogP contribution in [0.15, 0.2) is 24.3 Å². The Balaban J connectivity index is 1.74. The zero-order valence-electron chi connectivity index (χ0n) is 13.4. The topological polar surface area (TPSA) is 82.7 Å². The Morgan fingerprint density at radius 3 is 2.48 bits per heavy atom. The first-order chi connectivity index (χ1) is 11.2. The second-order valence-corrected chi connectivity index (χ2v) is 5.27. The Labute approximate surface area is 136 Å². The number of carbonyl (C=O) groups is 2. The highest BCUT2D eigenvalue weighted by Crippen LogP contribution is 2.09. The molecule has 1 fully saturated rings. The fourth-order valence-corrected chi connectivity index (χ4v) is 2.30. The van der Waals surface area contributed by atoms with Crippen molar-refractivity contribution in [1.29, 1.82) is 0 Å². The maximum absolute atomic E-state index is 12.1. The summed E-state index contributed by atoms with van der Waals surface area (Å²) in [6, 6.07) is 6.57. The predicted octanol–water partition coefficient (Wildman–Crippen LogP) is 0.890. The first-order valence-electron chi connectivity index (χ1n) is 7.92. The van der Waals surface area contributed by atoms with Gasteiger partial charge in [0.2, 0.25) is 0 Å². The van der Waals surface area contributed by atoms with Crippen LogP contribution >= 0.6 is 0 Å². The van der Waals surface area contributed by atoms with Crippen LogP contribution in [0.1, 0.15) is 17.3 Å². The average molecular weight is 320 g/mol. The molecule has 0 bridgehead atoms. The Hall–Kier alpha value is -2.12. The first-order valence-corrected chi connectivity index (χ1v) is 7.92. The van der Waals surface area contributed by atoms with Gasteiger partial charge >= 0.3 is 6.03 Å². The van der Waals surface area contributed by atoms with E-state index in [1.807, 2.05) is 6.92 Å². The van der Waals surface area contributed by atoms with Crippen molar-refractivity contribution in [3.63, 3.8) is 0 Å². The van der Waals surface area contributed by atoms with E-state index in [1.54, 1.807) is 24.3 Å². The van der Waals surface area contributed by atoms with Crippen LogP contribution in [0, 0.1) is 0 Å². The Morgan fingerprint density at radius 1 is 1.13 bits per heavy atom. The standard InChI is InChI=1S/C16H24N4O3/c1-2-17-16(22)19-14-5-3-13(4-6-14)15(21)18-7-8-20-9-11-23-12-10-20/h3-6H,2,7-12H2,1H3,(H,18,21)(H2,17,19,22). The molecule has 1 aliphatic heterocycles. The monoisotopic (exact) mass is 320 g/mol. The summed E-state index contributed by atoms with van der Waals surface area (Å²) in [5.74, 6) is -0.109. The van der Waals surface area contributed by atoms with Gasteiger partial charge in [-0.05, 0) is 31.2 Å². The first kappa shape index (κ1) is 17.2. The summed E-state index contributed by atoms with van der Waals surface area (Å²) < 4.78 is 5.29. The van der Waals surface area contributed by atoms with Crippen molar-refractivity contribution in [3.05, 3.63) is 29.8 Å². The molecule has 1 aliphatic rings. The smallest absolute Gasteiger partial charge is 0.319 e. The molecule has 0 aromatic heterocycles. The number of hydrogen-bond donors (Lipinski definition) is 3. The summed E-state index contributed by atoms with van der Waals surface area (Å²) in [6.45, 7) is 7.19.